The van der Waals surface area contributed by atoms with Crippen LogP contribution in [0.4, 0.5) is 5.69 Å². The third-order valence-corrected chi connectivity index (χ3v) is 3.18. The summed E-state index contributed by atoms with van der Waals surface area (Å²) in [5.74, 6) is -0.775. The second-order valence-electron chi connectivity index (χ2n) is 6.44. The minimum Gasteiger partial charge on any atom is -0.351 e. The lowest BCUT2D eigenvalue weighted by Gasteiger charge is -2.28. The maximum absolute atomic E-state index is 12.3. The zero-order valence-corrected chi connectivity index (χ0v) is 14.3. The molecule has 0 atom stereocenters. The highest BCUT2D eigenvalue weighted by Crippen LogP contribution is 2.25. The molecule has 4 nitrogen and oxygen atoms in total. The standard InChI is InChI=1S/C15H20Cl2N2O2/c1-14(2,3)19-13(21)15(4,5)12(20)18-11-7-9(16)6-10(17)8-11/h6-8H,1-5H3,(H,18,20)(H,19,21). The molecule has 0 aliphatic carbocycles. The van der Waals surface area contributed by atoms with Crippen molar-refractivity contribution in [2.45, 2.75) is 40.2 Å². The van der Waals surface area contributed by atoms with Crippen LogP contribution in [0.1, 0.15) is 34.6 Å². The number of amides is 2. The summed E-state index contributed by atoms with van der Waals surface area (Å²) in [4.78, 5) is 24.5. The summed E-state index contributed by atoms with van der Waals surface area (Å²) >= 11 is 11.8. The maximum atomic E-state index is 12.3. The fourth-order valence-corrected chi connectivity index (χ4v) is 2.04. The Morgan fingerprint density at radius 1 is 0.905 bits per heavy atom. The van der Waals surface area contributed by atoms with Crippen molar-refractivity contribution in [3.8, 4) is 0 Å². The van der Waals surface area contributed by atoms with Gasteiger partial charge >= 0.3 is 0 Å². The molecule has 0 unspecified atom stereocenters. The number of nitrogens with one attached hydrogen (secondary N) is 2. The van der Waals surface area contributed by atoms with Crippen molar-refractivity contribution in [2.24, 2.45) is 5.41 Å². The summed E-state index contributed by atoms with van der Waals surface area (Å²) in [6.45, 7) is 8.70. The van der Waals surface area contributed by atoms with Crippen molar-refractivity contribution >= 4 is 40.7 Å². The third-order valence-electron chi connectivity index (χ3n) is 2.74. The molecule has 0 saturated heterocycles. The van der Waals surface area contributed by atoms with E-state index in [0.29, 0.717) is 15.7 Å². The Bertz CT molecular complexity index is 543. The molecule has 1 aromatic carbocycles. The summed E-state index contributed by atoms with van der Waals surface area (Å²) in [5.41, 5.74) is -1.18. The van der Waals surface area contributed by atoms with Crippen LogP contribution in [0.5, 0.6) is 0 Å². The fraction of sp³-hybridized carbons (Fsp3) is 0.467. The van der Waals surface area contributed by atoms with Gasteiger partial charge < -0.3 is 10.6 Å². The third kappa shape index (κ3) is 5.21. The first-order chi connectivity index (χ1) is 9.41. The van der Waals surface area contributed by atoms with Gasteiger partial charge in [-0.05, 0) is 52.8 Å². The molecular weight excluding hydrogens is 311 g/mol. The SMILES string of the molecule is CC(C)(C)NC(=O)C(C)(C)C(=O)Nc1cc(Cl)cc(Cl)c1. The Labute approximate surface area is 135 Å². The second kappa shape index (κ2) is 6.24. The highest BCUT2D eigenvalue weighted by Gasteiger charge is 2.37. The van der Waals surface area contributed by atoms with Crippen LogP contribution in [-0.4, -0.2) is 17.4 Å². The number of carbonyl (C=O) groups is 2. The molecule has 2 amide bonds. The molecule has 0 fully saturated rings. The second-order valence-corrected chi connectivity index (χ2v) is 7.31. The van der Waals surface area contributed by atoms with Crippen LogP contribution in [0.15, 0.2) is 18.2 Å². The Kier molecular flexibility index (Phi) is 5.29. The number of hydrogen-bond acceptors (Lipinski definition) is 2. The van der Waals surface area contributed by atoms with Gasteiger partial charge in [0.05, 0.1) is 0 Å². The minimum atomic E-state index is -1.22. The van der Waals surface area contributed by atoms with Gasteiger partial charge in [-0.15, -0.1) is 0 Å². The van der Waals surface area contributed by atoms with Gasteiger partial charge in [-0.1, -0.05) is 23.2 Å². The maximum Gasteiger partial charge on any atom is 0.239 e. The van der Waals surface area contributed by atoms with Crippen molar-refractivity contribution in [1.82, 2.24) is 5.32 Å². The van der Waals surface area contributed by atoms with Crippen LogP contribution in [0, 0.1) is 5.41 Å². The van der Waals surface area contributed by atoms with E-state index in [0.717, 1.165) is 0 Å². The number of rotatable bonds is 3. The number of benzene rings is 1. The van der Waals surface area contributed by atoms with E-state index in [4.69, 9.17) is 23.2 Å². The molecule has 0 spiro atoms. The van der Waals surface area contributed by atoms with Crippen LogP contribution in [0.2, 0.25) is 10.0 Å². The summed E-state index contributed by atoms with van der Waals surface area (Å²) in [6, 6.07) is 4.71. The van der Waals surface area contributed by atoms with E-state index in [1.54, 1.807) is 32.0 Å². The smallest absolute Gasteiger partial charge is 0.239 e. The van der Waals surface area contributed by atoms with Crippen LogP contribution in [0.3, 0.4) is 0 Å². The van der Waals surface area contributed by atoms with Crippen LogP contribution in [0.25, 0.3) is 0 Å². The fourth-order valence-electron chi connectivity index (χ4n) is 1.51. The first-order valence-corrected chi connectivity index (χ1v) is 7.27. The van der Waals surface area contributed by atoms with Gasteiger partial charge in [0.2, 0.25) is 11.8 Å². The van der Waals surface area contributed by atoms with Gasteiger partial charge in [-0.2, -0.15) is 0 Å². The van der Waals surface area contributed by atoms with Crippen molar-refractivity contribution < 1.29 is 9.59 Å². The molecule has 0 aliphatic heterocycles. The number of anilines is 1. The van der Waals surface area contributed by atoms with E-state index in [9.17, 15) is 9.59 Å². The van der Waals surface area contributed by atoms with Gasteiger partial charge in [0.25, 0.3) is 0 Å². The van der Waals surface area contributed by atoms with Crippen molar-refractivity contribution in [2.75, 3.05) is 5.32 Å². The zero-order valence-electron chi connectivity index (χ0n) is 12.8. The quantitative estimate of drug-likeness (QED) is 0.826. The number of halogens is 2. The predicted octanol–water partition coefficient (Wildman–Crippen LogP) is 3.87. The lowest BCUT2D eigenvalue weighted by molar-refractivity contribution is -0.139. The highest BCUT2D eigenvalue weighted by molar-refractivity contribution is 6.35. The molecular formula is C15H20Cl2N2O2. The van der Waals surface area contributed by atoms with Gasteiger partial charge in [0.1, 0.15) is 5.41 Å². The van der Waals surface area contributed by atoms with Crippen molar-refractivity contribution in [3.63, 3.8) is 0 Å². The summed E-state index contributed by atoms with van der Waals surface area (Å²) in [6.07, 6.45) is 0. The van der Waals surface area contributed by atoms with E-state index in [1.165, 1.54) is 0 Å². The van der Waals surface area contributed by atoms with Crippen LogP contribution in [-0.2, 0) is 9.59 Å². The van der Waals surface area contributed by atoms with E-state index >= 15 is 0 Å². The molecule has 0 aliphatic rings. The number of carbonyl (C=O) groups excluding carboxylic acids is 2. The average Bonchev–Trinajstić information content (AvgIpc) is 2.24. The lowest BCUT2D eigenvalue weighted by Crippen LogP contribution is -2.51. The van der Waals surface area contributed by atoms with Crippen LogP contribution >= 0.6 is 23.2 Å². The molecule has 0 bridgehead atoms. The Morgan fingerprint density at radius 3 is 1.81 bits per heavy atom. The average molecular weight is 331 g/mol. The predicted molar refractivity (Wildman–Crippen MR) is 86.8 cm³/mol. The summed E-state index contributed by atoms with van der Waals surface area (Å²) in [7, 11) is 0. The van der Waals surface area contributed by atoms with Gasteiger partial charge in [0.15, 0.2) is 0 Å². The molecule has 1 rings (SSSR count). The zero-order chi connectivity index (χ0) is 16.4. The summed E-state index contributed by atoms with van der Waals surface area (Å²) in [5, 5.41) is 6.28. The van der Waals surface area contributed by atoms with Gasteiger partial charge in [-0.25, -0.2) is 0 Å². The van der Waals surface area contributed by atoms with E-state index in [2.05, 4.69) is 10.6 Å². The molecule has 6 heteroatoms. The molecule has 2 N–H and O–H groups in total. The molecule has 21 heavy (non-hydrogen) atoms. The molecule has 0 saturated carbocycles. The van der Waals surface area contributed by atoms with E-state index in [-0.39, 0.29) is 5.91 Å². The first kappa shape index (κ1) is 17.8. The molecule has 1 aromatic rings. The minimum absolute atomic E-state index is 0.347. The Morgan fingerprint density at radius 2 is 1.38 bits per heavy atom. The van der Waals surface area contributed by atoms with Crippen molar-refractivity contribution in [1.29, 1.82) is 0 Å². The van der Waals surface area contributed by atoms with Gasteiger partial charge in [-0.3, -0.25) is 9.59 Å². The lowest BCUT2D eigenvalue weighted by atomic mass is 9.89. The normalized spacial score (nSPS) is 12.0. The highest BCUT2D eigenvalue weighted by atomic mass is 35.5. The van der Waals surface area contributed by atoms with E-state index < -0.39 is 16.9 Å². The molecule has 0 aromatic heterocycles. The topological polar surface area (TPSA) is 58.2 Å². The largest absolute Gasteiger partial charge is 0.351 e. The van der Waals surface area contributed by atoms with Gasteiger partial charge in [0, 0.05) is 21.3 Å². The van der Waals surface area contributed by atoms with Crippen LogP contribution < -0.4 is 10.6 Å². The Hall–Kier alpha value is -1.26. The molecule has 0 radical (unpaired) electrons. The van der Waals surface area contributed by atoms with E-state index in [1.807, 2.05) is 20.8 Å². The first-order valence-electron chi connectivity index (χ1n) is 6.52. The van der Waals surface area contributed by atoms with Crippen molar-refractivity contribution in [3.05, 3.63) is 28.2 Å². The Balaban J connectivity index is 2.88. The monoisotopic (exact) mass is 330 g/mol. The molecule has 0 heterocycles. The number of hydrogen-bond donors (Lipinski definition) is 2. The molecule has 116 valence electrons. The summed E-state index contributed by atoms with van der Waals surface area (Å²) < 4.78 is 0.